The van der Waals surface area contributed by atoms with Crippen molar-refractivity contribution in [1.82, 2.24) is 4.90 Å². The molecule has 0 bridgehead atoms. The summed E-state index contributed by atoms with van der Waals surface area (Å²) < 4.78 is 28.9. The summed E-state index contributed by atoms with van der Waals surface area (Å²) in [6, 6.07) is 7.39. The molecule has 2 fully saturated rings. The molecule has 0 radical (unpaired) electrons. The number of rotatable bonds is 2. The van der Waals surface area contributed by atoms with E-state index in [0.29, 0.717) is 5.11 Å². The Balaban J connectivity index is 1.97. The third-order valence-electron chi connectivity index (χ3n) is 3.98. The van der Waals surface area contributed by atoms with E-state index < -0.39 is 9.84 Å². The molecule has 0 amide bonds. The lowest BCUT2D eigenvalue weighted by Crippen LogP contribution is -2.36. The molecule has 3 rings (SSSR count). The fourth-order valence-corrected chi connectivity index (χ4v) is 5.30. The normalized spacial score (nSPS) is 27.8. The van der Waals surface area contributed by atoms with Gasteiger partial charge in [0.25, 0.3) is 0 Å². The third kappa shape index (κ3) is 2.05. The second kappa shape index (κ2) is 4.60. The van der Waals surface area contributed by atoms with Crippen LogP contribution in [0.15, 0.2) is 24.3 Å². The summed E-state index contributed by atoms with van der Waals surface area (Å²) in [4.78, 5) is 3.85. The van der Waals surface area contributed by atoms with E-state index in [9.17, 15) is 8.42 Å². The Morgan fingerprint density at radius 2 is 1.80 bits per heavy atom. The molecule has 7 heteroatoms. The molecule has 0 aliphatic carbocycles. The molecule has 0 saturated carbocycles. The lowest BCUT2D eigenvalue weighted by Gasteiger charge is -2.24. The van der Waals surface area contributed by atoms with Crippen LogP contribution < -0.4 is 9.64 Å². The van der Waals surface area contributed by atoms with Crippen LogP contribution in [0.25, 0.3) is 0 Å². The number of anilines is 1. The standard InChI is InChI=1S/C13H16N2O3S2/c1-14-11-7-20(16,17)8-12(11)15(13(14)19)9-3-5-10(18-2)6-4-9/h3-6,11-12H,7-8H2,1-2H3/t11-,12-/m0/s1. The van der Waals surface area contributed by atoms with Crippen LogP contribution in [0.3, 0.4) is 0 Å². The molecule has 0 aromatic heterocycles. The zero-order valence-corrected chi connectivity index (χ0v) is 12.9. The summed E-state index contributed by atoms with van der Waals surface area (Å²) in [5, 5.41) is 0.681. The predicted octanol–water partition coefficient (Wildman–Crippen LogP) is 0.897. The van der Waals surface area contributed by atoms with E-state index >= 15 is 0 Å². The van der Waals surface area contributed by atoms with Crippen molar-refractivity contribution in [3.63, 3.8) is 0 Å². The van der Waals surface area contributed by atoms with Gasteiger partial charge in [0.2, 0.25) is 0 Å². The van der Waals surface area contributed by atoms with Crippen LogP contribution >= 0.6 is 12.2 Å². The number of methoxy groups -OCH3 is 1. The average Bonchev–Trinajstić information content (AvgIpc) is 2.84. The first-order valence-electron chi connectivity index (χ1n) is 6.33. The molecule has 2 aliphatic heterocycles. The van der Waals surface area contributed by atoms with Crippen LogP contribution in [0.4, 0.5) is 5.69 Å². The van der Waals surface area contributed by atoms with Crippen molar-refractivity contribution in [2.45, 2.75) is 12.1 Å². The Labute approximate surface area is 124 Å². The number of sulfone groups is 1. The Morgan fingerprint density at radius 3 is 2.40 bits per heavy atom. The fourth-order valence-electron chi connectivity index (χ4n) is 2.93. The van der Waals surface area contributed by atoms with Crippen molar-refractivity contribution in [2.24, 2.45) is 0 Å². The van der Waals surface area contributed by atoms with Crippen molar-refractivity contribution in [3.05, 3.63) is 24.3 Å². The van der Waals surface area contributed by atoms with Crippen molar-refractivity contribution in [1.29, 1.82) is 0 Å². The quantitative estimate of drug-likeness (QED) is 0.756. The first-order valence-corrected chi connectivity index (χ1v) is 8.56. The largest absolute Gasteiger partial charge is 0.497 e. The number of fused-ring (bicyclic) bond motifs is 1. The first-order chi connectivity index (χ1) is 9.43. The van der Waals surface area contributed by atoms with Crippen LogP contribution in [-0.2, 0) is 9.84 Å². The Hall–Kier alpha value is -1.34. The Kier molecular flexibility index (Phi) is 3.13. The minimum Gasteiger partial charge on any atom is -0.497 e. The fraction of sp³-hybridized carbons (Fsp3) is 0.462. The van der Waals surface area contributed by atoms with Crippen molar-refractivity contribution in [2.75, 3.05) is 30.6 Å². The summed E-state index contributed by atoms with van der Waals surface area (Å²) in [6.07, 6.45) is 0. The smallest absolute Gasteiger partial charge is 0.176 e. The van der Waals surface area contributed by atoms with Crippen molar-refractivity contribution < 1.29 is 13.2 Å². The summed E-state index contributed by atoms with van der Waals surface area (Å²) in [7, 11) is 0.496. The molecule has 108 valence electrons. The Bertz CT molecular complexity index is 642. The highest BCUT2D eigenvalue weighted by Crippen LogP contribution is 2.34. The van der Waals surface area contributed by atoms with E-state index in [1.807, 2.05) is 41.1 Å². The number of thiocarbonyl (C=S) groups is 1. The maximum atomic E-state index is 11.9. The van der Waals surface area contributed by atoms with Gasteiger partial charge < -0.3 is 14.5 Å². The maximum Gasteiger partial charge on any atom is 0.176 e. The second-order valence-electron chi connectivity index (χ2n) is 5.17. The monoisotopic (exact) mass is 312 g/mol. The molecule has 20 heavy (non-hydrogen) atoms. The van der Waals surface area contributed by atoms with Gasteiger partial charge >= 0.3 is 0 Å². The summed E-state index contributed by atoms with van der Waals surface area (Å²) in [5.74, 6) is 1.11. The number of hydrogen-bond acceptors (Lipinski definition) is 4. The second-order valence-corrected chi connectivity index (χ2v) is 7.69. The van der Waals surface area contributed by atoms with Crippen LogP contribution in [0.1, 0.15) is 0 Å². The summed E-state index contributed by atoms with van der Waals surface area (Å²) >= 11 is 5.46. The van der Waals surface area contributed by atoms with Crippen LogP contribution in [-0.4, -0.2) is 56.2 Å². The number of hydrogen-bond donors (Lipinski definition) is 0. The molecular formula is C13H16N2O3S2. The summed E-state index contributed by atoms with van der Waals surface area (Å²) in [5.41, 5.74) is 0.909. The van der Waals surface area contributed by atoms with E-state index in [1.54, 1.807) is 7.11 Å². The van der Waals surface area contributed by atoms with Gasteiger partial charge in [-0.25, -0.2) is 8.42 Å². The van der Waals surface area contributed by atoms with Crippen LogP contribution in [0, 0.1) is 0 Å². The number of nitrogens with zero attached hydrogens (tertiary/aromatic N) is 2. The van der Waals surface area contributed by atoms with Crippen molar-refractivity contribution in [3.8, 4) is 5.75 Å². The molecule has 0 N–H and O–H groups in total. The molecule has 0 unspecified atom stereocenters. The molecule has 2 saturated heterocycles. The maximum absolute atomic E-state index is 11.9. The highest BCUT2D eigenvalue weighted by atomic mass is 32.2. The van der Waals surface area contributed by atoms with Gasteiger partial charge in [0.05, 0.1) is 30.7 Å². The molecule has 1 aromatic rings. The van der Waals surface area contributed by atoms with E-state index in [0.717, 1.165) is 11.4 Å². The van der Waals surface area contributed by atoms with E-state index in [-0.39, 0.29) is 23.6 Å². The van der Waals surface area contributed by atoms with Gasteiger partial charge in [0.15, 0.2) is 14.9 Å². The van der Waals surface area contributed by atoms with E-state index in [4.69, 9.17) is 17.0 Å². The third-order valence-corrected chi connectivity index (χ3v) is 6.16. The highest BCUT2D eigenvalue weighted by Gasteiger charge is 2.50. The number of benzene rings is 1. The minimum absolute atomic E-state index is 0.0467. The topological polar surface area (TPSA) is 49.9 Å². The molecule has 2 heterocycles. The van der Waals surface area contributed by atoms with Gasteiger partial charge in [-0.3, -0.25) is 0 Å². The van der Waals surface area contributed by atoms with Crippen LogP contribution in [0.5, 0.6) is 5.75 Å². The molecule has 2 aliphatic rings. The zero-order chi connectivity index (χ0) is 14.5. The lowest BCUT2D eigenvalue weighted by molar-refractivity contribution is 0.414. The van der Waals surface area contributed by atoms with Crippen molar-refractivity contribution >= 4 is 32.9 Å². The van der Waals surface area contributed by atoms with Gasteiger partial charge in [-0.05, 0) is 36.5 Å². The zero-order valence-electron chi connectivity index (χ0n) is 11.3. The first kappa shape index (κ1) is 13.6. The molecule has 5 nitrogen and oxygen atoms in total. The highest BCUT2D eigenvalue weighted by molar-refractivity contribution is 7.91. The molecule has 2 atom stereocenters. The summed E-state index contributed by atoms with van der Waals surface area (Å²) in [6.45, 7) is 0. The Morgan fingerprint density at radius 1 is 1.20 bits per heavy atom. The van der Waals surface area contributed by atoms with Gasteiger partial charge in [0, 0.05) is 12.7 Å². The number of ether oxygens (including phenoxy) is 1. The van der Waals surface area contributed by atoms with E-state index in [2.05, 4.69) is 0 Å². The minimum atomic E-state index is -2.98. The SMILES string of the molecule is COc1ccc(N2C(=S)N(C)[C@H]3CS(=O)(=O)C[C@@H]32)cc1. The molecule has 1 aromatic carbocycles. The molecule has 0 spiro atoms. The number of likely N-dealkylation sites (N-methyl/N-ethyl adjacent to an activating group) is 1. The lowest BCUT2D eigenvalue weighted by atomic mass is 10.1. The molecular weight excluding hydrogens is 296 g/mol. The van der Waals surface area contributed by atoms with Crippen LogP contribution in [0.2, 0.25) is 0 Å². The predicted molar refractivity (Wildman–Crippen MR) is 82.1 cm³/mol. The van der Waals surface area contributed by atoms with Gasteiger partial charge in [0.1, 0.15) is 5.75 Å². The van der Waals surface area contributed by atoms with Gasteiger partial charge in [-0.15, -0.1) is 0 Å². The van der Waals surface area contributed by atoms with Gasteiger partial charge in [-0.1, -0.05) is 0 Å². The van der Waals surface area contributed by atoms with Gasteiger partial charge in [-0.2, -0.15) is 0 Å². The van der Waals surface area contributed by atoms with E-state index in [1.165, 1.54) is 0 Å². The average molecular weight is 312 g/mol.